The Morgan fingerprint density at radius 1 is 1.44 bits per heavy atom. The molecule has 0 aromatic carbocycles. The van der Waals surface area contributed by atoms with Gasteiger partial charge in [-0.15, -0.1) is 0 Å². The molecule has 0 unspecified atom stereocenters. The Labute approximate surface area is 52.7 Å². The fraction of sp³-hybridized carbons (Fsp3) is 1.00. The van der Waals surface area contributed by atoms with Gasteiger partial charge in [-0.2, -0.15) is 13.2 Å². The van der Waals surface area contributed by atoms with Gasteiger partial charge >= 0.3 is 5.51 Å². The molecule has 56 valence electrons. The van der Waals surface area contributed by atoms with Crippen molar-refractivity contribution in [3.8, 4) is 0 Å². The van der Waals surface area contributed by atoms with E-state index in [2.05, 4.69) is 0 Å². The molecule has 0 aliphatic heterocycles. The summed E-state index contributed by atoms with van der Waals surface area (Å²) < 4.78 is 43.8. The standard InChI is InChI=1S/C3H6F3NOS/c4-3(5,6)9(8)2-1-7/h1-2,7H2/t9-/m1/s1. The third-order valence-electron chi connectivity index (χ3n) is 0.561. The maximum atomic E-state index is 11.3. The summed E-state index contributed by atoms with van der Waals surface area (Å²) in [7, 11) is -2.76. The van der Waals surface area contributed by atoms with Crippen LogP contribution in [0.4, 0.5) is 13.2 Å². The Hall–Kier alpha value is -0.100. The first-order valence-corrected chi connectivity index (χ1v) is 3.45. The Morgan fingerprint density at radius 2 is 1.89 bits per heavy atom. The summed E-state index contributed by atoms with van der Waals surface area (Å²) in [6.45, 7) is -0.202. The van der Waals surface area contributed by atoms with Gasteiger partial charge in [0.1, 0.15) is 10.8 Å². The highest BCUT2D eigenvalue weighted by Crippen LogP contribution is 2.19. The number of hydrogen-bond donors (Lipinski definition) is 1. The van der Waals surface area contributed by atoms with Crippen LogP contribution in [0.1, 0.15) is 0 Å². The summed E-state index contributed by atoms with van der Waals surface area (Å²) >= 11 is 0. The van der Waals surface area contributed by atoms with E-state index >= 15 is 0 Å². The Balaban J connectivity index is 3.74. The molecule has 2 N–H and O–H groups in total. The first-order chi connectivity index (χ1) is 3.98. The number of halogens is 3. The first-order valence-electron chi connectivity index (χ1n) is 2.13. The molecule has 0 fully saturated rings. The van der Waals surface area contributed by atoms with E-state index in [1.807, 2.05) is 0 Å². The van der Waals surface area contributed by atoms with Crippen LogP contribution in [0, 0.1) is 0 Å². The van der Waals surface area contributed by atoms with Crippen molar-refractivity contribution in [1.82, 2.24) is 0 Å². The van der Waals surface area contributed by atoms with Crippen LogP contribution in [0.25, 0.3) is 0 Å². The molecule has 2 nitrogen and oxygen atoms in total. The summed E-state index contributed by atoms with van der Waals surface area (Å²) in [5, 5.41) is 0. The summed E-state index contributed by atoms with van der Waals surface area (Å²) in [6.07, 6.45) is 0. The zero-order chi connectivity index (χ0) is 7.49. The van der Waals surface area contributed by atoms with E-state index in [4.69, 9.17) is 5.73 Å². The molecular weight excluding hydrogens is 155 g/mol. The van der Waals surface area contributed by atoms with Gasteiger partial charge in [0, 0.05) is 12.3 Å². The van der Waals surface area contributed by atoms with E-state index in [0.717, 1.165) is 0 Å². The molecule has 0 aliphatic rings. The average Bonchev–Trinajstić information content (AvgIpc) is 1.64. The molecule has 1 atom stereocenters. The fourth-order valence-corrected chi connectivity index (χ4v) is 0.668. The average molecular weight is 161 g/mol. The summed E-state index contributed by atoms with van der Waals surface area (Å²) in [6, 6.07) is 0. The van der Waals surface area contributed by atoms with E-state index in [9.17, 15) is 17.4 Å². The van der Waals surface area contributed by atoms with Gasteiger partial charge in [0.15, 0.2) is 0 Å². The molecule has 6 heteroatoms. The number of rotatable bonds is 2. The van der Waals surface area contributed by atoms with Gasteiger partial charge in [-0.1, -0.05) is 0 Å². The van der Waals surface area contributed by atoms with E-state index in [1.165, 1.54) is 0 Å². The zero-order valence-corrected chi connectivity index (χ0v) is 5.26. The molecule has 0 aromatic heterocycles. The van der Waals surface area contributed by atoms with Gasteiger partial charge in [-0.05, 0) is 0 Å². The quantitative estimate of drug-likeness (QED) is 0.629. The van der Waals surface area contributed by atoms with Crippen molar-refractivity contribution in [2.75, 3.05) is 12.3 Å². The maximum Gasteiger partial charge on any atom is 0.471 e. The zero-order valence-electron chi connectivity index (χ0n) is 4.44. The molecule has 0 heterocycles. The largest absolute Gasteiger partial charge is 0.471 e. The van der Waals surface area contributed by atoms with Gasteiger partial charge in [-0.3, -0.25) is 4.21 Å². The van der Waals surface area contributed by atoms with Crippen LogP contribution in [-0.4, -0.2) is 22.0 Å². The van der Waals surface area contributed by atoms with Crippen LogP contribution in [0.5, 0.6) is 0 Å². The maximum absolute atomic E-state index is 11.3. The SMILES string of the molecule is NCC[S@@](=O)C(F)(F)F. The number of hydrogen-bond acceptors (Lipinski definition) is 2. The van der Waals surface area contributed by atoms with Gasteiger partial charge in [0.05, 0.1) is 0 Å². The van der Waals surface area contributed by atoms with Crippen LogP contribution in [0.15, 0.2) is 0 Å². The molecule has 0 aromatic rings. The molecule has 0 saturated carbocycles. The molecule has 0 radical (unpaired) electrons. The lowest BCUT2D eigenvalue weighted by Crippen LogP contribution is -2.23. The second-order valence-corrected chi connectivity index (χ2v) is 2.85. The van der Waals surface area contributed by atoms with Crippen LogP contribution in [0.3, 0.4) is 0 Å². The monoisotopic (exact) mass is 161 g/mol. The normalized spacial score (nSPS) is 15.6. The highest BCUT2D eigenvalue weighted by molar-refractivity contribution is 7.85. The van der Waals surface area contributed by atoms with Crippen molar-refractivity contribution in [3.63, 3.8) is 0 Å². The minimum atomic E-state index is -4.60. The molecule has 0 aliphatic carbocycles. The highest BCUT2D eigenvalue weighted by atomic mass is 32.2. The molecule has 0 saturated heterocycles. The Kier molecular flexibility index (Phi) is 3.13. The summed E-state index contributed by atoms with van der Waals surface area (Å²) in [4.78, 5) is 0. The molecular formula is C3H6F3NOS. The fourth-order valence-electron chi connectivity index (χ4n) is 0.223. The van der Waals surface area contributed by atoms with Crippen LogP contribution in [-0.2, 0) is 10.8 Å². The molecule has 0 bridgehead atoms. The van der Waals surface area contributed by atoms with Gasteiger partial charge in [-0.25, -0.2) is 0 Å². The number of nitrogens with two attached hydrogens (primary N) is 1. The lowest BCUT2D eigenvalue weighted by atomic mass is 10.8. The van der Waals surface area contributed by atoms with Crippen molar-refractivity contribution >= 4 is 10.8 Å². The predicted octanol–water partition coefficient (Wildman–Crippen LogP) is 0.214. The molecule has 0 amide bonds. The molecule has 9 heavy (non-hydrogen) atoms. The van der Waals surface area contributed by atoms with E-state index in [0.29, 0.717) is 0 Å². The van der Waals surface area contributed by atoms with Gasteiger partial charge < -0.3 is 5.73 Å². The van der Waals surface area contributed by atoms with Crippen molar-refractivity contribution < 1.29 is 17.4 Å². The van der Waals surface area contributed by atoms with Gasteiger partial charge in [0.2, 0.25) is 0 Å². The van der Waals surface area contributed by atoms with Gasteiger partial charge in [0.25, 0.3) is 0 Å². The van der Waals surface area contributed by atoms with Crippen LogP contribution in [0.2, 0.25) is 0 Å². The highest BCUT2D eigenvalue weighted by Gasteiger charge is 2.35. The second-order valence-electron chi connectivity index (χ2n) is 1.28. The summed E-state index contributed by atoms with van der Waals surface area (Å²) in [5.41, 5.74) is 0.135. The van der Waals surface area contributed by atoms with E-state index < -0.39 is 22.1 Å². The van der Waals surface area contributed by atoms with Crippen molar-refractivity contribution in [3.05, 3.63) is 0 Å². The second kappa shape index (κ2) is 3.17. The topological polar surface area (TPSA) is 43.1 Å². The lowest BCUT2D eigenvalue weighted by Gasteiger charge is -2.02. The van der Waals surface area contributed by atoms with Crippen molar-refractivity contribution in [2.24, 2.45) is 5.73 Å². The Morgan fingerprint density at radius 3 is 2.00 bits per heavy atom. The lowest BCUT2D eigenvalue weighted by molar-refractivity contribution is -0.0383. The van der Waals surface area contributed by atoms with E-state index in [-0.39, 0.29) is 6.54 Å². The minimum Gasteiger partial charge on any atom is -0.330 e. The first kappa shape index (κ1) is 8.90. The smallest absolute Gasteiger partial charge is 0.330 e. The Bertz CT molecular complexity index is 112. The predicted molar refractivity (Wildman–Crippen MR) is 28.1 cm³/mol. The van der Waals surface area contributed by atoms with Crippen LogP contribution < -0.4 is 5.73 Å². The summed E-state index contributed by atoms with van der Waals surface area (Å²) in [5.74, 6) is -0.510. The third-order valence-corrected chi connectivity index (χ3v) is 1.68. The molecule has 0 rings (SSSR count). The van der Waals surface area contributed by atoms with Crippen molar-refractivity contribution in [2.45, 2.75) is 5.51 Å². The third kappa shape index (κ3) is 3.47. The molecule has 0 spiro atoms. The number of alkyl halides is 3. The van der Waals surface area contributed by atoms with Crippen molar-refractivity contribution in [1.29, 1.82) is 0 Å². The van der Waals surface area contributed by atoms with Crippen LogP contribution >= 0.6 is 0 Å². The minimum absolute atomic E-state index is 0.202. The van der Waals surface area contributed by atoms with E-state index in [1.54, 1.807) is 0 Å².